The maximum absolute atomic E-state index is 13.1. The summed E-state index contributed by atoms with van der Waals surface area (Å²) in [5.74, 6) is -10.9. The van der Waals surface area contributed by atoms with Crippen LogP contribution < -0.4 is 9.47 Å². The molecule has 1 aliphatic carbocycles. The fraction of sp³-hybridized carbons (Fsp3) is 0.257. The van der Waals surface area contributed by atoms with Crippen LogP contribution in [0, 0.1) is 28.7 Å². The van der Waals surface area contributed by atoms with Gasteiger partial charge in [0.25, 0.3) is 0 Å². The highest BCUT2D eigenvalue weighted by Crippen LogP contribution is 2.63. The maximum Gasteiger partial charge on any atom is 0.416 e. The zero-order valence-corrected chi connectivity index (χ0v) is 29.5. The van der Waals surface area contributed by atoms with Crippen LogP contribution in [0.15, 0.2) is 66.7 Å². The highest BCUT2D eigenvalue weighted by Gasteiger charge is 2.68. The van der Waals surface area contributed by atoms with Gasteiger partial charge in [-0.2, -0.15) is 17.6 Å². The highest BCUT2D eigenvalue weighted by atomic mass is 35.5. The summed E-state index contributed by atoms with van der Waals surface area (Å²) < 4.78 is 96.3. The monoisotopic (exact) mass is 812 g/mol. The van der Waals surface area contributed by atoms with Crippen molar-refractivity contribution < 1.29 is 79.8 Å². The topological polar surface area (TPSA) is 168 Å². The zero-order chi connectivity index (χ0) is 41.3. The minimum atomic E-state index is -4.62. The van der Waals surface area contributed by atoms with E-state index in [9.17, 15) is 49.9 Å². The summed E-state index contributed by atoms with van der Waals surface area (Å²) in [6, 6.07) is 15.4. The Balaban J connectivity index is 0.000000253. The lowest BCUT2D eigenvalue weighted by Crippen LogP contribution is -2.22. The molecule has 1 aliphatic rings. The lowest BCUT2D eigenvalue weighted by Gasteiger charge is -2.12. The van der Waals surface area contributed by atoms with E-state index >= 15 is 0 Å². The van der Waals surface area contributed by atoms with Gasteiger partial charge in [0.05, 0.1) is 19.1 Å². The summed E-state index contributed by atoms with van der Waals surface area (Å²) in [4.78, 5) is 41.6. The van der Waals surface area contributed by atoms with Crippen molar-refractivity contribution in [1.82, 2.24) is 0 Å². The second-order valence-electron chi connectivity index (χ2n) is 11.3. The lowest BCUT2D eigenvalue weighted by molar-refractivity contribution is -0.144. The first-order valence-corrected chi connectivity index (χ1v) is 15.6. The average molecular weight is 813 g/mol. The number of hydrogen-bond acceptors (Lipinski definition) is 6. The van der Waals surface area contributed by atoms with Gasteiger partial charge in [0.2, 0.25) is 5.82 Å². The third kappa shape index (κ3) is 11.6. The molecule has 0 aliphatic heterocycles. The van der Waals surface area contributed by atoms with Gasteiger partial charge in [-0.1, -0.05) is 42.5 Å². The zero-order valence-electron chi connectivity index (χ0n) is 28.0. The Morgan fingerprint density at radius 1 is 0.852 bits per heavy atom. The standard InChI is InChI=1S/C13H12O3.C9H6F4O2.C8H5F3O3.C5H6Cl2O2/c1-9(13(14)15)16-12-8-4-6-10-5-2-3-7-11(10)12;10-7-4-6(9(11,12)13)2-1-5(7)3-8(14)15;1-14-7-5(10)3(8(12)13)2-4(9)6(7)11;1-4(3(8)9)2-5(4,6)7/h2-9H,1H3,(H,14,15);1-2,4H,3H2,(H,14,15);2H,1H3,(H,12,13);2H2,1H3,(H,8,9). The molecule has 0 bridgehead atoms. The molecule has 0 amide bonds. The molecule has 4 aromatic rings. The number of aromatic carboxylic acids is 1. The van der Waals surface area contributed by atoms with Crippen LogP contribution in [0.25, 0.3) is 10.8 Å². The highest BCUT2D eigenvalue weighted by molar-refractivity contribution is 6.53. The Labute approximate surface area is 311 Å². The molecular weight excluding hydrogens is 784 g/mol. The normalized spacial score (nSPS) is 15.8. The van der Waals surface area contributed by atoms with Gasteiger partial charge in [0, 0.05) is 11.8 Å². The lowest BCUT2D eigenvalue weighted by atomic mass is 10.1. The largest absolute Gasteiger partial charge is 0.491 e. The van der Waals surface area contributed by atoms with E-state index in [0.717, 1.165) is 23.9 Å². The molecule has 19 heteroatoms. The van der Waals surface area contributed by atoms with Gasteiger partial charge < -0.3 is 29.9 Å². The number of carboxylic acid groups (broad SMARTS) is 4. The minimum absolute atomic E-state index is 0.259. The van der Waals surface area contributed by atoms with Crippen molar-refractivity contribution >= 4 is 57.9 Å². The smallest absolute Gasteiger partial charge is 0.416 e. The fourth-order valence-corrected chi connectivity index (χ4v) is 4.81. The summed E-state index contributed by atoms with van der Waals surface area (Å²) in [6.07, 6.45) is -5.75. The Morgan fingerprint density at radius 3 is 1.87 bits per heavy atom. The molecule has 54 heavy (non-hydrogen) atoms. The quantitative estimate of drug-likeness (QED) is 0.0768. The van der Waals surface area contributed by atoms with Crippen molar-refractivity contribution in [3.63, 3.8) is 0 Å². The Hall–Kier alpha value is -5.29. The van der Waals surface area contributed by atoms with E-state index in [1.807, 2.05) is 36.4 Å². The van der Waals surface area contributed by atoms with E-state index in [4.69, 9.17) is 48.4 Å². The number of aliphatic carboxylic acids is 3. The average Bonchev–Trinajstić information content (AvgIpc) is 3.62. The van der Waals surface area contributed by atoms with Gasteiger partial charge >= 0.3 is 30.1 Å². The molecule has 0 saturated heterocycles. The van der Waals surface area contributed by atoms with Crippen LogP contribution in [0.4, 0.5) is 30.7 Å². The fourth-order valence-electron chi connectivity index (χ4n) is 4.12. The van der Waals surface area contributed by atoms with Crippen LogP contribution in [0.3, 0.4) is 0 Å². The number of alkyl halides is 5. The van der Waals surface area contributed by atoms with Crippen LogP contribution in [0.5, 0.6) is 11.5 Å². The van der Waals surface area contributed by atoms with E-state index in [1.165, 1.54) is 13.8 Å². The summed E-state index contributed by atoms with van der Waals surface area (Å²) in [6.45, 7) is 3.06. The molecule has 1 saturated carbocycles. The van der Waals surface area contributed by atoms with Crippen molar-refractivity contribution in [3.8, 4) is 11.5 Å². The van der Waals surface area contributed by atoms with Crippen molar-refractivity contribution in [2.45, 2.75) is 43.3 Å². The number of benzene rings is 4. The second-order valence-corrected chi connectivity index (χ2v) is 12.8. The van der Waals surface area contributed by atoms with Crippen molar-refractivity contribution in [2.75, 3.05) is 7.11 Å². The molecule has 4 N–H and O–H groups in total. The SMILES string of the molecule is CC(Oc1cccc2ccccc12)C(=O)O.CC1(C(=O)O)CC1(Cl)Cl.COc1c(F)c(F)cc(C(=O)O)c1F.O=C(O)Cc1ccc(C(F)(F)F)cc1F. The predicted octanol–water partition coefficient (Wildman–Crippen LogP) is 8.63. The van der Waals surface area contributed by atoms with Gasteiger partial charge in [0.1, 0.15) is 26.9 Å². The van der Waals surface area contributed by atoms with E-state index in [2.05, 4.69) is 4.74 Å². The molecule has 0 heterocycles. The van der Waals surface area contributed by atoms with Gasteiger partial charge in [-0.3, -0.25) is 9.59 Å². The predicted molar refractivity (Wildman–Crippen MR) is 179 cm³/mol. The number of rotatable bonds is 8. The first-order valence-electron chi connectivity index (χ1n) is 14.9. The molecule has 292 valence electrons. The maximum atomic E-state index is 13.1. The Morgan fingerprint density at radius 2 is 1.43 bits per heavy atom. The molecule has 0 radical (unpaired) electrons. The van der Waals surface area contributed by atoms with E-state index in [1.54, 1.807) is 6.07 Å². The number of hydrogen-bond donors (Lipinski definition) is 4. The van der Waals surface area contributed by atoms with E-state index in [0.29, 0.717) is 18.2 Å². The number of carbonyl (C=O) groups is 4. The molecule has 4 aromatic carbocycles. The van der Waals surface area contributed by atoms with E-state index in [-0.39, 0.29) is 17.7 Å². The van der Waals surface area contributed by atoms with Gasteiger partial charge in [-0.25, -0.2) is 22.8 Å². The summed E-state index contributed by atoms with van der Waals surface area (Å²) in [5, 5.41) is 36.0. The number of carboxylic acids is 4. The third-order valence-electron chi connectivity index (χ3n) is 7.40. The minimum Gasteiger partial charge on any atom is -0.491 e. The van der Waals surface area contributed by atoms with E-state index < -0.39 is 92.5 Å². The van der Waals surface area contributed by atoms with Crippen LogP contribution in [-0.4, -0.2) is 61.9 Å². The first-order chi connectivity index (χ1) is 24.9. The van der Waals surface area contributed by atoms with Gasteiger partial charge in [0.15, 0.2) is 23.5 Å². The Bertz CT molecular complexity index is 2020. The molecule has 2 atom stereocenters. The van der Waals surface area contributed by atoms with Crippen molar-refractivity contribution in [2.24, 2.45) is 5.41 Å². The number of fused-ring (bicyclic) bond motifs is 1. The second kappa shape index (κ2) is 18.2. The van der Waals surface area contributed by atoms with Crippen molar-refractivity contribution in [1.29, 1.82) is 0 Å². The molecule has 0 aromatic heterocycles. The summed E-state index contributed by atoms with van der Waals surface area (Å²) in [5.41, 5.74) is -3.28. The molecule has 2 unspecified atom stereocenters. The van der Waals surface area contributed by atoms with Crippen molar-refractivity contribution in [3.05, 3.63) is 107 Å². The molecule has 1 fully saturated rings. The van der Waals surface area contributed by atoms with Crippen LogP contribution in [0.1, 0.15) is 41.8 Å². The summed E-state index contributed by atoms with van der Waals surface area (Å²) in [7, 11) is 0.909. The first kappa shape index (κ1) is 44.9. The van der Waals surface area contributed by atoms with Crippen LogP contribution >= 0.6 is 23.2 Å². The molecular formula is C35H29Cl2F7O10. The molecule has 0 spiro atoms. The van der Waals surface area contributed by atoms with Gasteiger partial charge in [-0.15, -0.1) is 23.2 Å². The number of halogens is 9. The number of ether oxygens (including phenoxy) is 2. The van der Waals surface area contributed by atoms with Gasteiger partial charge in [-0.05, 0) is 49.1 Å². The van der Waals surface area contributed by atoms with Crippen LogP contribution in [-0.2, 0) is 27.0 Å². The number of methoxy groups -OCH3 is 1. The summed E-state index contributed by atoms with van der Waals surface area (Å²) >= 11 is 11.1. The van der Waals surface area contributed by atoms with Crippen LogP contribution in [0.2, 0.25) is 0 Å². The third-order valence-corrected chi connectivity index (χ3v) is 8.50. The molecule has 10 nitrogen and oxygen atoms in total. The Kier molecular flexibility index (Phi) is 15.1. The molecule has 5 rings (SSSR count).